The van der Waals surface area contributed by atoms with E-state index in [0.717, 1.165) is 12.5 Å². The Kier molecular flexibility index (Phi) is 18.7. The van der Waals surface area contributed by atoms with Gasteiger partial charge in [0.05, 0.1) is 6.54 Å². The molecule has 5 atom stereocenters. The molecule has 0 unspecified atom stereocenters. The maximum atomic E-state index is 14.2. The molecule has 0 aliphatic carbocycles. The van der Waals surface area contributed by atoms with E-state index in [1.807, 2.05) is 13.8 Å². The number of hydrogen-bond donors (Lipinski definition) is 10. The molecule has 12 N–H and O–H groups in total. The Morgan fingerprint density at radius 3 is 2.27 bits per heavy atom. The van der Waals surface area contributed by atoms with Crippen molar-refractivity contribution in [3.8, 4) is 5.75 Å². The molecule has 2 aliphatic rings. The lowest BCUT2D eigenvalue weighted by atomic mass is 9.85. The van der Waals surface area contributed by atoms with Gasteiger partial charge in [0.2, 0.25) is 29.5 Å². The van der Waals surface area contributed by atoms with Crippen LogP contribution in [0, 0.1) is 11.3 Å². The van der Waals surface area contributed by atoms with Crippen LogP contribution in [0.5, 0.6) is 5.75 Å². The van der Waals surface area contributed by atoms with E-state index in [0.29, 0.717) is 50.8 Å². The van der Waals surface area contributed by atoms with Crippen molar-refractivity contribution in [1.82, 2.24) is 36.8 Å². The quantitative estimate of drug-likeness (QED) is 0.0414. The van der Waals surface area contributed by atoms with E-state index < -0.39 is 65.2 Å². The molecule has 0 saturated carbocycles. The van der Waals surface area contributed by atoms with Crippen LogP contribution in [0.1, 0.15) is 91.5 Å². The summed E-state index contributed by atoms with van der Waals surface area (Å²) in [5.41, 5.74) is 10.7. The Bertz CT molecular complexity index is 1660. The number of aromatic hydroxyl groups is 1. The monoisotopic (exact) mass is 828 g/mol. The second kappa shape index (κ2) is 23.1. The van der Waals surface area contributed by atoms with Gasteiger partial charge in [-0.2, -0.15) is 0 Å². The first-order valence-corrected chi connectivity index (χ1v) is 20.4. The number of carbonyl (C=O) groups excluding carboxylic acids is 5. The fraction of sp³-hybridized carbons (Fsp3) is 0.650. The van der Waals surface area contributed by atoms with E-state index in [2.05, 4.69) is 41.9 Å². The Hall–Kier alpha value is -5.62. The van der Waals surface area contributed by atoms with E-state index in [4.69, 9.17) is 11.5 Å². The fourth-order valence-electron chi connectivity index (χ4n) is 6.88. The van der Waals surface area contributed by atoms with Gasteiger partial charge in [-0.05, 0) is 74.0 Å². The lowest BCUT2D eigenvalue weighted by molar-refractivity contribution is -0.143. The molecule has 1 saturated heterocycles. The van der Waals surface area contributed by atoms with Crippen molar-refractivity contribution in [2.24, 2.45) is 32.8 Å². The molecule has 19 heteroatoms. The number of nitrogens with one attached hydrogen (secondary N) is 6. The van der Waals surface area contributed by atoms with Gasteiger partial charge in [0.25, 0.3) is 0 Å². The predicted octanol–water partition coefficient (Wildman–Crippen LogP) is -0.186. The topological polar surface area (TPSA) is 295 Å². The number of likely N-dealkylation sites (tertiary alicyclic amines) is 1. The number of phenolic OH excluding ortho intramolecular Hbond substituents is 1. The van der Waals surface area contributed by atoms with Crippen LogP contribution in [0.4, 0.5) is 0 Å². The van der Waals surface area contributed by atoms with E-state index in [1.54, 1.807) is 32.9 Å². The number of unbranched alkanes of at least 4 members (excludes halogenated alkanes) is 1. The minimum atomic E-state index is -1.24. The van der Waals surface area contributed by atoms with Crippen molar-refractivity contribution < 1.29 is 39.0 Å². The molecule has 0 spiro atoms. The Labute approximate surface area is 346 Å². The third kappa shape index (κ3) is 16.3. The summed E-state index contributed by atoms with van der Waals surface area (Å²) in [4.78, 5) is 90.7. The third-order valence-corrected chi connectivity index (χ3v) is 9.96. The number of hydrogen-bond acceptors (Lipinski definition) is 11. The van der Waals surface area contributed by atoms with Crippen molar-refractivity contribution in [2.45, 2.75) is 123 Å². The average molecular weight is 828 g/mol. The maximum Gasteiger partial charge on any atom is 0.326 e. The molecular weight excluding hydrogens is 763 g/mol. The number of carbonyl (C=O) groups is 6. The van der Waals surface area contributed by atoms with Crippen LogP contribution >= 0.6 is 0 Å². The molecule has 0 aromatic heterocycles. The van der Waals surface area contributed by atoms with Gasteiger partial charge in [-0.15, -0.1) is 0 Å². The van der Waals surface area contributed by atoms with Crippen LogP contribution < -0.4 is 43.4 Å². The minimum Gasteiger partial charge on any atom is -0.508 e. The third-order valence-electron chi connectivity index (χ3n) is 9.96. The van der Waals surface area contributed by atoms with Gasteiger partial charge >= 0.3 is 5.97 Å². The molecule has 328 valence electrons. The fourth-order valence-corrected chi connectivity index (χ4v) is 6.88. The number of benzene rings is 1. The molecule has 5 amide bonds. The molecule has 19 nitrogen and oxygen atoms in total. The molecule has 0 radical (unpaired) electrons. The van der Waals surface area contributed by atoms with Crippen molar-refractivity contribution in [1.29, 1.82) is 0 Å². The normalized spacial score (nSPS) is 17.1. The predicted molar refractivity (Wildman–Crippen MR) is 223 cm³/mol. The summed E-state index contributed by atoms with van der Waals surface area (Å²) in [5.74, 6) is -3.37. The molecule has 2 aliphatic heterocycles. The van der Waals surface area contributed by atoms with Crippen LogP contribution in [0.3, 0.4) is 0 Å². The highest BCUT2D eigenvalue weighted by Gasteiger charge is 2.40. The smallest absolute Gasteiger partial charge is 0.326 e. The van der Waals surface area contributed by atoms with Crippen LogP contribution in [-0.2, 0) is 35.2 Å². The molecule has 2 heterocycles. The van der Waals surface area contributed by atoms with Crippen molar-refractivity contribution in [2.75, 3.05) is 32.7 Å². The first-order chi connectivity index (χ1) is 27.8. The standard InChI is InChI=1S/C40H65N11O8/c1-24(2)22-29(37(58)59)49-35(56)32(40(3,4)5)50-33(54)28(23-25-13-15-26(52)16-14-25)48-34(55)30-11-9-21-51(30)36(57)27(10-8-18-43-38(41)42)47-31(53)12-6-7-17-44-39-45-19-20-46-39/h13-16,24,27-30,32,52H,6-12,17-23H2,1-5H3,(H,47,53)(H,48,55)(H,49,56)(H,50,54)(H,58,59)(H4,41,42,43)(H2,44,45,46)/t27-,28-,29-,30-,32+/m0/s1. The highest BCUT2D eigenvalue weighted by Crippen LogP contribution is 2.23. The molecule has 3 rings (SSSR count). The van der Waals surface area contributed by atoms with Gasteiger partial charge in [-0.3, -0.25) is 34.0 Å². The second-order valence-electron chi connectivity index (χ2n) is 16.6. The Morgan fingerprint density at radius 2 is 1.66 bits per heavy atom. The number of aliphatic carboxylic acids is 1. The maximum absolute atomic E-state index is 14.2. The number of carboxylic acid groups (broad SMARTS) is 1. The summed E-state index contributed by atoms with van der Waals surface area (Å²) in [6.07, 6.45) is 2.96. The highest BCUT2D eigenvalue weighted by atomic mass is 16.4. The zero-order chi connectivity index (χ0) is 43.7. The van der Waals surface area contributed by atoms with E-state index >= 15 is 0 Å². The Balaban J connectivity index is 1.78. The van der Waals surface area contributed by atoms with Crippen LogP contribution in [-0.4, -0.2) is 125 Å². The second-order valence-corrected chi connectivity index (χ2v) is 16.6. The number of carboxylic acids is 1. The largest absolute Gasteiger partial charge is 0.508 e. The van der Waals surface area contributed by atoms with Gasteiger partial charge in [0, 0.05) is 39.0 Å². The number of guanidine groups is 2. The van der Waals surface area contributed by atoms with Gasteiger partial charge in [0.1, 0.15) is 36.0 Å². The van der Waals surface area contributed by atoms with E-state index in [1.165, 1.54) is 17.0 Å². The summed E-state index contributed by atoms with van der Waals surface area (Å²) in [6, 6.07) is 0.528. The minimum absolute atomic E-state index is 0.00185. The molecule has 0 bridgehead atoms. The van der Waals surface area contributed by atoms with Crippen LogP contribution in [0.2, 0.25) is 0 Å². The van der Waals surface area contributed by atoms with Crippen molar-refractivity contribution in [3.63, 3.8) is 0 Å². The lowest BCUT2D eigenvalue weighted by Crippen LogP contribution is -2.61. The van der Waals surface area contributed by atoms with Crippen molar-refractivity contribution >= 4 is 47.4 Å². The lowest BCUT2D eigenvalue weighted by Gasteiger charge is -2.33. The van der Waals surface area contributed by atoms with Gasteiger partial charge in [-0.1, -0.05) is 46.8 Å². The van der Waals surface area contributed by atoms with Crippen LogP contribution in [0.25, 0.3) is 0 Å². The average Bonchev–Trinajstić information content (AvgIpc) is 3.87. The molecule has 59 heavy (non-hydrogen) atoms. The first-order valence-electron chi connectivity index (χ1n) is 20.4. The molecular formula is C40H65N11O8. The number of aliphatic imine (C=N–C) groups is 2. The number of nitrogens with two attached hydrogens (primary N) is 2. The Morgan fingerprint density at radius 1 is 0.949 bits per heavy atom. The summed E-state index contributed by atoms with van der Waals surface area (Å²) in [6.45, 7) is 11.4. The van der Waals surface area contributed by atoms with Gasteiger partial charge in [0.15, 0.2) is 11.9 Å². The summed E-state index contributed by atoms with van der Waals surface area (Å²) in [5, 5.41) is 36.9. The SMILES string of the molecule is CC(C)C[C@H](NC(=O)[C@@H](NC(=O)[C@H](Cc1ccc(O)cc1)NC(=O)[C@@H]1CCCN1C(=O)[C@H](CCCN=C(N)N)NC(=O)CCCCNC1=NCCN1)C(C)(C)C)C(=O)O. The number of nitrogens with zero attached hydrogens (tertiary/aromatic N) is 3. The number of amides is 5. The van der Waals surface area contributed by atoms with E-state index in [-0.39, 0.29) is 62.3 Å². The van der Waals surface area contributed by atoms with E-state index in [9.17, 15) is 39.0 Å². The molecule has 1 aromatic carbocycles. The zero-order valence-corrected chi connectivity index (χ0v) is 35.0. The summed E-state index contributed by atoms with van der Waals surface area (Å²) >= 11 is 0. The highest BCUT2D eigenvalue weighted by molar-refractivity contribution is 5.96. The zero-order valence-electron chi connectivity index (χ0n) is 35.0. The number of phenols is 1. The number of rotatable bonds is 22. The first kappa shape index (κ1) is 47.8. The molecule has 1 aromatic rings. The summed E-state index contributed by atoms with van der Waals surface area (Å²) in [7, 11) is 0. The summed E-state index contributed by atoms with van der Waals surface area (Å²) < 4.78 is 0. The van der Waals surface area contributed by atoms with Gasteiger partial charge in [-0.25, -0.2) is 4.79 Å². The van der Waals surface area contributed by atoms with Crippen molar-refractivity contribution in [3.05, 3.63) is 29.8 Å². The van der Waals surface area contributed by atoms with Gasteiger partial charge < -0.3 is 58.5 Å². The molecule has 1 fully saturated rings. The van der Waals surface area contributed by atoms with Crippen LogP contribution in [0.15, 0.2) is 34.3 Å².